The quantitative estimate of drug-likeness (QED) is 0.827. The van der Waals surface area contributed by atoms with Crippen molar-refractivity contribution in [3.05, 3.63) is 0 Å². The molecule has 0 spiro atoms. The Bertz CT molecular complexity index is 535. The van der Waals surface area contributed by atoms with Crippen molar-refractivity contribution >= 4 is 32.2 Å². The molecule has 1 aliphatic carbocycles. The van der Waals surface area contributed by atoms with Crippen LogP contribution in [0.1, 0.15) is 26.7 Å². The molecule has 0 atom stereocenters. The van der Waals surface area contributed by atoms with Gasteiger partial charge in [-0.1, -0.05) is 6.92 Å². The van der Waals surface area contributed by atoms with Gasteiger partial charge in [-0.15, -0.1) is 0 Å². The molecule has 6 nitrogen and oxygen atoms in total. The molecule has 2 rings (SSSR count). The second-order valence-corrected chi connectivity index (χ2v) is 7.51. The maximum Gasteiger partial charge on any atom is 0.184 e. The summed E-state index contributed by atoms with van der Waals surface area (Å²) in [6, 6.07) is 0.238. The van der Waals surface area contributed by atoms with Crippen LogP contribution >= 0.6 is 11.5 Å². The van der Waals surface area contributed by atoms with Crippen molar-refractivity contribution in [2.24, 2.45) is 0 Å². The van der Waals surface area contributed by atoms with Crippen molar-refractivity contribution in [2.45, 2.75) is 43.7 Å². The normalized spacial score (nSPS) is 23.1. The average Bonchev–Trinajstić information content (AvgIpc) is 2.68. The van der Waals surface area contributed by atoms with Gasteiger partial charge >= 0.3 is 0 Å². The Morgan fingerprint density at radius 2 is 2.16 bits per heavy atom. The van der Waals surface area contributed by atoms with Gasteiger partial charge in [0.25, 0.3) is 0 Å². The maximum absolute atomic E-state index is 12.0. The zero-order valence-corrected chi connectivity index (χ0v) is 12.7. The predicted molar refractivity (Wildman–Crippen MR) is 76.3 cm³/mol. The molecule has 1 heterocycles. The van der Waals surface area contributed by atoms with Gasteiger partial charge in [0.2, 0.25) is 0 Å². The van der Waals surface area contributed by atoms with Gasteiger partial charge in [0.1, 0.15) is 9.90 Å². The number of sulfone groups is 1. The van der Waals surface area contributed by atoms with E-state index in [-0.39, 0.29) is 28.6 Å². The number of hydrogen-bond acceptors (Lipinski definition) is 7. The van der Waals surface area contributed by atoms with Crippen LogP contribution in [0.3, 0.4) is 0 Å². The van der Waals surface area contributed by atoms with Gasteiger partial charge in [-0.2, -0.15) is 4.37 Å². The van der Waals surface area contributed by atoms with E-state index in [1.54, 1.807) is 6.92 Å². The SMILES string of the molecule is CCOC1CC(Nc2snc(N)c2S(=O)(=O)CC)C1. The fourth-order valence-electron chi connectivity index (χ4n) is 2.07. The van der Waals surface area contributed by atoms with Crippen molar-refractivity contribution in [2.75, 3.05) is 23.4 Å². The third kappa shape index (κ3) is 3.01. The van der Waals surface area contributed by atoms with E-state index in [1.165, 1.54) is 0 Å². The van der Waals surface area contributed by atoms with Crippen LogP contribution < -0.4 is 11.1 Å². The number of nitrogens with two attached hydrogens (primary N) is 1. The third-order valence-corrected chi connectivity index (χ3v) is 5.91. The van der Waals surface area contributed by atoms with Crippen molar-refractivity contribution < 1.29 is 13.2 Å². The number of hydrogen-bond donors (Lipinski definition) is 2. The van der Waals surface area contributed by atoms with E-state index in [9.17, 15) is 8.42 Å². The number of ether oxygens (including phenoxy) is 1. The topological polar surface area (TPSA) is 94.3 Å². The van der Waals surface area contributed by atoms with E-state index in [4.69, 9.17) is 10.5 Å². The highest BCUT2D eigenvalue weighted by Crippen LogP contribution is 2.35. The van der Waals surface area contributed by atoms with Gasteiger partial charge < -0.3 is 15.8 Å². The largest absolute Gasteiger partial charge is 0.382 e. The molecule has 19 heavy (non-hydrogen) atoms. The Morgan fingerprint density at radius 1 is 1.47 bits per heavy atom. The number of nitrogens with one attached hydrogen (secondary N) is 1. The fourth-order valence-corrected chi connectivity index (χ4v) is 4.30. The Hall–Kier alpha value is -0.860. The molecular weight excluding hydrogens is 286 g/mol. The Kier molecular flexibility index (Phi) is 4.32. The van der Waals surface area contributed by atoms with Gasteiger partial charge in [0, 0.05) is 12.6 Å². The first kappa shape index (κ1) is 14.5. The first-order valence-corrected chi connectivity index (χ1v) is 8.76. The number of nitrogen functional groups attached to an aromatic ring is 1. The van der Waals surface area contributed by atoms with Crippen LogP contribution in [-0.2, 0) is 14.6 Å². The highest BCUT2D eigenvalue weighted by Gasteiger charge is 2.32. The molecule has 108 valence electrons. The first-order chi connectivity index (χ1) is 8.97. The summed E-state index contributed by atoms with van der Waals surface area (Å²) in [4.78, 5) is 0.153. The highest BCUT2D eigenvalue weighted by atomic mass is 32.2. The van der Waals surface area contributed by atoms with E-state index in [0.29, 0.717) is 11.6 Å². The minimum Gasteiger partial charge on any atom is -0.382 e. The first-order valence-electron chi connectivity index (χ1n) is 6.34. The Labute approximate surface area is 117 Å². The summed E-state index contributed by atoms with van der Waals surface area (Å²) in [5.41, 5.74) is 5.67. The lowest BCUT2D eigenvalue weighted by molar-refractivity contribution is 0.00301. The molecule has 0 amide bonds. The van der Waals surface area contributed by atoms with Crippen LogP contribution in [0.5, 0.6) is 0 Å². The zero-order chi connectivity index (χ0) is 14.0. The van der Waals surface area contributed by atoms with Crippen molar-refractivity contribution in [3.8, 4) is 0 Å². The summed E-state index contributed by atoms with van der Waals surface area (Å²) in [5, 5.41) is 3.77. The second-order valence-electron chi connectivity index (χ2n) is 4.52. The molecule has 0 saturated heterocycles. The van der Waals surface area contributed by atoms with Gasteiger partial charge in [-0.3, -0.25) is 0 Å². The zero-order valence-electron chi connectivity index (χ0n) is 11.0. The predicted octanol–water partition coefficient (Wildman–Crippen LogP) is 1.50. The van der Waals surface area contributed by atoms with Crippen LogP contribution in [0.15, 0.2) is 4.90 Å². The summed E-state index contributed by atoms with van der Waals surface area (Å²) < 4.78 is 33.4. The molecule has 1 aromatic heterocycles. The molecule has 8 heteroatoms. The third-order valence-electron chi connectivity index (χ3n) is 3.20. The van der Waals surface area contributed by atoms with Crippen LogP contribution in [-0.4, -0.2) is 37.3 Å². The molecule has 0 bridgehead atoms. The van der Waals surface area contributed by atoms with E-state index in [0.717, 1.165) is 24.4 Å². The monoisotopic (exact) mass is 305 g/mol. The van der Waals surface area contributed by atoms with Crippen LogP contribution in [0.25, 0.3) is 0 Å². The van der Waals surface area contributed by atoms with Crippen molar-refractivity contribution in [1.29, 1.82) is 0 Å². The summed E-state index contributed by atoms with van der Waals surface area (Å²) >= 11 is 1.10. The molecule has 1 aromatic rings. The summed E-state index contributed by atoms with van der Waals surface area (Å²) in [6.45, 7) is 4.28. The summed E-state index contributed by atoms with van der Waals surface area (Å²) in [7, 11) is -3.34. The van der Waals surface area contributed by atoms with E-state index < -0.39 is 9.84 Å². The number of rotatable bonds is 6. The van der Waals surface area contributed by atoms with E-state index in [1.807, 2.05) is 6.92 Å². The van der Waals surface area contributed by atoms with E-state index in [2.05, 4.69) is 9.69 Å². The van der Waals surface area contributed by atoms with Crippen LogP contribution in [0, 0.1) is 0 Å². The van der Waals surface area contributed by atoms with Gasteiger partial charge in [-0.05, 0) is 31.3 Å². The molecule has 0 aliphatic heterocycles. The lowest BCUT2D eigenvalue weighted by Crippen LogP contribution is -2.40. The highest BCUT2D eigenvalue weighted by molar-refractivity contribution is 7.91. The molecule has 0 unspecified atom stereocenters. The number of anilines is 2. The maximum atomic E-state index is 12.0. The molecular formula is C11H19N3O3S2. The van der Waals surface area contributed by atoms with E-state index >= 15 is 0 Å². The minimum absolute atomic E-state index is 0.0243. The summed E-state index contributed by atoms with van der Waals surface area (Å²) in [6.07, 6.45) is 2.05. The lowest BCUT2D eigenvalue weighted by atomic mass is 9.89. The Morgan fingerprint density at radius 3 is 2.74 bits per heavy atom. The average molecular weight is 305 g/mol. The molecule has 1 aliphatic rings. The Balaban J connectivity index is 2.07. The fraction of sp³-hybridized carbons (Fsp3) is 0.727. The molecule has 1 saturated carbocycles. The van der Waals surface area contributed by atoms with Gasteiger partial charge in [-0.25, -0.2) is 8.42 Å². The smallest absolute Gasteiger partial charge is 0.184 e. The molecule has 0 aromatic carbocycles. The molecule has 3 N–H and O–H groups in total. The number of aromatic nitrogens is 1. The molecule has 0 radical (unpaired) electrons. The molecule has 1 fully saturated rings. The standard InChI is InChI=1S/C11H19N3O3S2/c1-3-17-8-5-7(6-8)13-11-9(10(12)14-18-11)19(15,16)4-2/h7-8,13H,3-6H2,1-2H3,(H2,12,14). The van der Waals surface area contributed by atoms with Crippen LogP contribution in [0.4, 0.5) is 10.8 Å². The lowest BCUT2D eigenvalue weighted by Gasteiger charge is -2.35. The minimum atomic E-state index is -3.34. The van der Waals surface area contributed by atoms with Gasteiger partial charge in [0.15, 0.2) is 15.7 Å². The summed E-state index contributed by atoms with van der Waals surface area (Å²) in [5.74, 6) is 0.117. The number of nitrogens with zero attached hydrogens (tertiary/aromatic N) is 1. The van der Waals surface area contributed by atoms with Crippen LogP contribution in [0.2, 0.25) is 0 Å². The second kappa shape index (κ2) is 5.64. The van der Waals surface area contributed by atoms with Crippen molar-refractivity contribution in [3.63, 3.8) is 0 Å². The van der Waals surface area contributed by atoms with Crippen molar-refractivity contribution in [1.82, 2.24) is 4.37 Å². The van der Waals surface area contributed by atoms with Gasteiger partial charge in [0.05, 0.1) is 11.9 Å².